The van der Waals surface area contributed by atoms with Gasteiger partial charge in [-0.1, -0.05) is 182 Å². The molecule has 2 heteroatoms. The lowest BCUT2D eigenvalue weighted by molar-refractivity contribution is 0.670. The second kappa shape index (κ2) is 12.5. The summed E-state index contributed by atoms with van der Waals surface area (Å²) in [6, 6.07) is 76.7. The van der Waals surface area contributed by atoms with Crippen LogP contribution in [-0.4, -0.2) is 0 Å². The third kappa shape index (κ3) is 4.68. The van der Waals surface area contributed by atoms with Gasteiger partial charge in [0.15, 0.2) is 5.58 Å². The normalized spacial score (nSPS) is 12.9. The SMILES string of the molecule is c1ccc(-c2cccc3c2oc2c(N(c4ccccc4)c4ccc(C5(c6ccccc6)c6ccccc6-c6ccccc65)cc4)cc4ccccc4c23)cc1. The van der Waals surface area contributed by atoms with Crippen molar-refractivity contribution in [2.75, 3.05) is 4.90 Å². The molecule has 10 aromatic rings. The van der Waals surface area contributed by atoms with Crippen molar-refractivity contribution in [2.24, 2.45) is 0 Å². The zero-order valence-electron chi connectivity index (χ0n) is 30.1. The molecule has 0 saturated carbocycles. The Kier molecular flexibility index (Phi) is 7.11. The number of rotatable bonds is 6. The summed E-state index contributed by atoms with van der Waals surface area (Å²) in [6.45, 7) is 0. The summed E-state index contributed by atoms with van der Waals surface area (Å²) in [5, 5.41) is 4.58. The van der Waals surface area contributed by atoms with E-state index in [0.717, 1.165) is 55.5 Å². The highest BCUT2D eigenvalue weighted by molar-refractivity contribution is 6.24. The largest absolute Gasteiger partial charge is 0.453 e. The van der Waals surface area contributed by atoms with Crippen LogP contribution < -0.4 is 4.90 Å². The molecule has 0 saturated heterocycles. The van der Waals surface area contributed by atoms with Crippen molar-refractivity contribution >= 4 is 49.8 Å². The van der Waals surface area contributed by atoms with E-state index in [1.165, 1.54) is 38.8 Å². The molecule has 11 rings (SSSR count). The molecule has 1 aromatic heterocycles. The predicted molar refractivity (Wildman–Crippen MR) is 229 cm³/mol. The Morgan fingerprint density at radius 1 is 0.382 bits per heavy atom. The van der Waals surface area contributed by atoms with Crippen LogP contribution in [-0.2, 0) is 5.41 Å². The van der Waals surface area contributed by atoms with Crippen LogP contribution in [0, 0.1) is 0 Å². The average Bonchev–Trinajstić information content (AvgIpc) is 3.80. The molecular formula is C53H35NO. The molecule has 0 N–H and O–H groups in total. The summed E-state index contributed by atoms with van der Waals surface area (Å²) in [5.41, 5.74) is 14.3. The first-order valence-electron chi connectivity index (χ1n) is 18.9. The minimum Gasteiger partial charge on any atom is -0.453 e. The van der Waals surface area contributed by atoms with E-state index in [0.29, 0.717) is 0 Å². The molecule has 0 unspecified atom stereocenters. The first-order chi connectivity index (χ1) is 27.3. The van der Waals surface area contributed by atoms with Gasteiger partial charge in [0.1, 0.15) is 5.58 Å². The zero-order chi connectivity index (χ0) is 36.3. The number of furan rings is 1. The van der Waals surface area contributed by atoms with Crippen LogP contribution in [0.1, 0.15) is 22.3 Å². The molecule has 1 aliphatic rings. The monoisotopic (exact) mass is 701 g/mol. The molecule has 0 spiro atoms. The summed E-state index contributed by atoms with van der Waals surface area (Å²) in [7, 11) is 0. The lowest BCUT2D eigenvalue weighted by atomic mass is 9.68. The van der Waals surface area contributed by atoms with Crippen molar-refractivity contribution in [1.82, 2.24) is 0 Å². The van der Waals surface area contributed by atoms with E-state index in [1.54, 1.807) is 0 Å². The number of fused-ring (bicyclic) bond motifs is 8. The van der Waals surface area contributed by atoms with Crippen molar-refractivity contribution < 1.29 is 4.42 Å². The third-order valence-electron chi connectivity index (χ3n) is 11.5. The molecule has 9 aromatic carbocycles. The van der Waals surface area contributed by atoms with Gasteiger partial charge in [0.25, 0.3) is 0 Å². The average molecular weight is 702 g/mol. The van der Waals surface area contributed by atoms with Crippen LogP contribution in [0.25, 0.3) is 55.0 Å². The maximum absolute atomic E-state index is 7.12. The fourth-order valence-corrected chi connectivity index (χ4v) is 9.22. The lowest BCUT2D eigenvalue weighted by Gasteiger charge is -2.34. The third-order valence-corrected chi connectivity index (χ3v) is 11.5. The van der Waals surface area contributed by atoms with Crippen LogP contribution in [0.15, 0.2) is 217 Å². The van der Waals surface area contributed by atoms with Crippen molar-refractivity contribution in [1.29, 1.82) is 0 Å². The number of para-hydroxylation sites is 2. The van der Waals surface area contributed by atoms with Gasteiger partial charge < -0.3 is 9.32 Å². The van der Waals surface area contributed by atoms with E-state index in [1.807, 2.05) is 0 Å². The number of anilines is 3. The minimum absolute atomic E-state index is 0.465. The first-order valence-corrected chi connectivity index (χ1v) is 18.9. The maximum Gasteiger partial charge on any atom is 0.160 e. The van der Waals surface area contributed by atoms with E-state index >= 15 is 0 Å². The zero-order valence-corrected chi connectivity index (χ0v) is 30.1. The molecule has 258 valence electrons. The molecule has 1 heterocycles. The van der Waals surface area contributed by atoms with Crippen LogP contribution >= 0.6 is 0 Å². The van der Waals surface area contributed by atoms with Crippen molar-refractivity contribution in [3.05, 3.63) is 235 Å². The number of hydrogen-bond acceptors (Lipinski definition) is 2. The molecular weight excluding hydrogens is 667 g/mol. The number of nitrogens with zero attached hydrogens (tertiary/aromatic N) is 1. The summed E-state index contributed by atoms with van der Waals surface area (Å²) in [4.78, 5) is 2.36. The molecule has 0 aliphatic heterocycles. The van der Waals surface area contributed by atoms with Gasteiger partial charge in [0.2, 0.25) is 0 Å². The Hall–Kier alpha value is -7.16. The van der Waals surface area contributed by atoms with Crippen molar-refractivity contribution in [2.45, 2.75) is 5.41 Å². The topological polar surface area (TPSA) is 16.4 Å². The predicted octanol–water partition coefficient (Wildman–Crippen LogP) is 14.2. The van der Waals surface area contributed by atoms with Gasteiger partial charge in [-0.05, 0) is 80.0 Å². The Morgan fingerprint density at radius 2 is 0.909 bits per heavy atom. The lowest BCUT2D eigenvalue weighted by Crippen LogP contribution is -2.28. The van der Waals surface area contributed by atoms with E-state index in [4.69, 9.17) is 4.42 Å². The van der Waals surface area contributed by atoms with Crippen LogP contribution in [0.3, 0.4) is 0 Å². The van der Waals surface area contributed by atoms with Crippen molar-refractivity contribution in [3.8, 4) is 22.3 Å². The molecule has 0 amide bonds. The smallest absolute Gasteiger partial charge is 0.160 e. The summed E-state index contributed by atoms with van der Waals surface area (Å²) >= 11 is 0. The Labute approximate surface area is 320 Å². The van der Waals surface area contributed by atoms with Gasteiger partial charge >= 0.3 is 0 Å². The van der Waals surface area contributed by atoms with Gasteiger partial charge in [-0.15, -0.1) is 0 Å². The maximum atomic E-state index is 7.12. The van der Waals surface area contributed by atoms with Crippen LogP contribution in [0.2, 0.25) is 0 Å². The summed E-state index contributed by atoms with van der Waals surface area (Å²) < 4.78 is 7.12. The fraction of sp³-hybridized carbons (Fsp3) is 0.0189. The Morgan fingerprint density at radius 3 is 1.62 bits per heavy atom. The first kappa shape index (κ1) is 31.4. The van der Waals surface area contributed by atoms with Crippen LogP contribution in [0.5, 0.6) is 0 Å². The van der Waals surface area contributed by atoms with E-state index in [9.17, 15) is 0 Å². The van der Waals surface area contributed by atoms with Gasteiger partial charge in [-0.2, -0.15) is 0 Å². The van der Waals surface area contributed by atoms with E-state index in [-0.39, 0.29) is 0 Å². The van der Waals surface area contributed by atoms with Gasteiger partial charge in [-0.3, -0.25) is 0 Å². The molecule has 0 atom stereocenters. The minimum atomic E-state index is -0.465. The summed E-state index contributed by atoms with van der Waals surface area (Å²) in [5.74, 6) is 0. The molecule has 0 radical (unpaired) electrons. The summed E-state index contributed by atoms with van der Waals surface area (Å²) in [6.07, 6.45) is 0. The van der Waals surface area contributed by atoms with Gasteiger partial charge in [0.05, 0.1) is 11.1 Å². The fourth-order valence-electron chi connectivity index (χ4n) is 9.22. The highest BCUT2D eigenvalue weighted by atomic mass is 16.3. The molecule has 1 aliphatic carbocycles. The second-order valence-corrected chi connectivity index (χ2v) is 14.4. The molecule has 0 bridgehead atoms. The second-order valence-electron chi connectivity index (χ2n) is 14.4. The number of hydrogen-bond donors (Lipinski definition) is 0. The highest BCUT2D eigenvalue weighted by Gasteiger charge is 2.45. The number of benzene rings is 9. The standard InChI is InChI=1S/C53H35NO/c1-4-17-36(18-5-1)43-27-16-28-46-50-42-24-11-10-19-37(42)35-49(52(50)55-51(43)46)54(40-22-8-3-9-23-40)41-33-31-39(32-34-41)53(38-20-6-2-7-21-38)47-29-14-12-25-44(47)45-26-13-15-30-48(45)53/h1-35H. The Bertz CT molecular complexity index is 2970. The van der Waals surface area contributed by atoms with Crippen LogP contribution in [0.4, 0.5) is 17.1 Å². The quantitative estimate of drug-likeness (QED) is 0.172. The van der Waals surface area contributed by atoms with E-state index in [2.05, 4.69) is 217 Å². The molecule has 2 nitrogen and oxygen atoms in total. The van der Waals surface area contributed by atoms with E-state index < -0.39 is 5.41 Å². The Balaban J connectivity index is 1.16. The molecule has 0 fully saturated rings. The highest BCUT2D eigenvalue weighted by Crippen LogP contribution is 2.56. The van der Waals surface area contributed by atoms with Gasteiger partial charge in [0, 0.05) is 27.7 Å². The van der Waals surface area contributed by atoms with Gasteiger partial charge in [-0.25, -0.2) is 0 Å². The van der Waals surface area contributed by atoms with Crippen molar-refractivity contribution in [3.63, 3.8) is 0 Å². The molecule has 55 heavy (non-hydrogen) atoms.